The van der Waals surface area contributed by atoms with Gasteiger partial charge in [0.05, 0.1) is 34.4 Å². The molecule has 0 saturated carbocycles. The van der Waals surface area contributed by atoms with Crippen molar-refractivity contribution in [3.05, 3.63) is 66.5 Å². The van der Waals surface area contributed by atoms with Crippen molar-refractivity contribution in [3.63, 3.8) is 0 Å². The molecule has 4 aromatic rings. The molecule has 2 saturated heterocycles. The highest BCUT2D eigenvalue weighted by Crippen LogP contribution is 2.28. The fraction of sp³-hybridized carbons (Fsp3) is 0.387. The van der Waals surface area contributed by atoms with E-state index >= 15 is 0 Å². The maximum absolute atomic E-state index is 13.7. The number of carbonyl (C=O) groups is 2. The molecular weight excluding hydrogens is 516 g/mol. The number of rotatable bonds is 6. The lowest BCUT2D eigenvalue weighted by Crippen LogP contribution is -2.50. The Kier molecular flexibility index (Phi) is 7.40. The quantitative estimate of drug-likeness (QED) is 0.378. The molecule has 5 heterocycles. The van der Waals surface area contributed by atoms with Crippen LogP contribution in [0.15, 0.2) is 60.9 Å². The number of nitrogens with one attached hydrogen (secondary N) is 2. The molecule has 2 aliphatic heterocycles. The first-order valence-electron chi connectivity index (χ1n) is 14.3. The lowest BCUT2D eigenvalue weighted by atomic mass is 9.84. The molecule has 3 aromatic heterocycles. The number of amides is 2. The van der Waals surface area contributed by atoms with Crippen LogP contribution in [0.4, 0.5) is 5.82 Å². The molecule has 41 heavy (non-hydrogen) atoms. The van der Waals surface area contributed by atoms with Gasteiger partial charge in [0.15, 0.2) is 5.65 Å². The van der Waals surface area contributed by atoms with Gasteiger partial charge in [-0.3, -0.25) is 9.59 Å². The molecule has 0 spiro atoms. The highest BCUT2D eigenvalue weighted by molar-refractivity contribution is 6.06. The number of piperazine rings is 1. The Morgan fingerprint density at radius 1 is 1.05 bits per heavy atom. The fourth-order valence-electron chi connectivity index (χ4n) is 5.84. The van der Waals surface area contributed by atoms with Crippen molar-refractivity contribution in [2.24, 2.45) is 11.8 Å². The van der Waals surface area contributed by atoms with Gasteiger partial charge in [-0.15, -0.1) is 0 Å². The lowest BCUT2D eigenvalue weighted by Gasteiger charge is -2.33. The first-order valence-corrected chi connectivity index (χ1v) is 14.3. The van der Waals surface area contributed by atoms with E-state index in [-0.39, 0.29) is 36.2 Å². The summed E-state index contributed by atoms with van der Waals surface area (Å²) in [6.07, 6.45) is 4.39. The zero-order valence-electron chi connectivity index (χ0n) is 23.7. The second-order valence-electron chi connectivity index (χ2n) is 11.3. The molecule has 2 N–H and O–H groups in total. The molecule has 10 nitrogen and oxygen atoms in total. The average Bonchev–Trinajstić information content (AvgIpc) is 3.41. The maximum Gasteiger partial charge on any atom is 0.252 e. The van der Waals surface area contributed by atoms with Crippen molar-refractivity contribution in [1.82, 2.24) is 35.3 Å². The van der Waals surface area contributed by atoms with E-state index in [0.29, 0.717) is 22.3 Å². The summed E-state index contributed by atoms with van der Waals surface area (Å²) < 4.78 is 1.75. The van der Waals surface area contributed by atoms with Gasteiger partial charge < -0.3 is 20.4 Å². The summed E-state index contributed by atoms with van der Waals surface area (Å²) in [5, 5.41) is 11.3. The van der Waals surface area contributed by atoms with Gasteiger partial charge in [-0.1, -0.05) is 25.1 Å². The second-order valence-corrected chi connectivity index (χ2v) is 11.3. The van der Waals surface area contributed by atoms with Crippen molar-refractivity contribution < 1.29 is 9.59 Å². The summed E-state index contributed by atoms with van der Waals surface area (Å²) in [5.41, 5.74) is 3.35. The number of carbonyl (C=O) groups excluding carboxylic acids is 2. The Bertz CT molecular complexity index is 1540. The predicted molar refractivity (Wildman–Crippen MR) is 159 cm³/mol. The normalized spacial score (nSPS) is 21.6. The number of fused-ring (bicyclic) bond motifs is 1. The van der Waals surface area contributed by atoms with Gasteiger partial charge in [0.1, 0.15) is 5.82 Å². The van der Waals surface area contributed by atoms with Crippen LogP contribution in [0.5, 0.6) is 0 Å². The number of aromatic nitrogens is 4. The minimum atomic E-state index is -0.273. The molecular formula is C31H36N8O2. The highest BCUT2D eigenvalue weighted by Gasteiger charge is 2.32. The van der Waals surface area contributed by atoms with Crippen LogP contribution in [0.1, 0.15) is 30.6 Å². The summed E-state index contributed by atoms with van der Waals surface area (Å²) >= 11 is 0. The standard InChI is InChI=1S/C31H36N8O2/c1-20-15-21(2)35-31(41)25(20)18-33-30(40)24-16-27(22-9-10-28(32-17-22)38-13-11-37(3)12-14-38)36-29-26(24)19-34-39(29)23-7-5-4-6-8-23/h4-10,16-17,19-21,25H,11-15,18H2,1-3H3,(H,33,40)(H,35,41). The Hall–Kier alpha value is -4.31. The smallest absolute Gasteiger partial charge is 0.252 e. The van der Waals surface area contributed by atoms with E-state index in [1.807, 2.05) is 55.6 Å². The molecule has 212 valence electrons. The Labute approximate surface area is 239 Å². The van der Waals surface area contributed by atoms with E-state index < -0.39 is 0 Å². The first-order chi connectivity index (χ1) is 19.9. The molecule has 1 aromatic carbocycles. The number of likely N-dealkylation sites (N-methyl/N-ethyl adjacent to an activating group) is 1. The molecule has 3 atom stereocenters. The number of pyridine rings is 2. The van der Waals surface area contributed by atoms with Crippen molar-refractivity contribution >= 4 is 28.7 Å². The van der Waals surface area contributed by atoms with E-state index in [2.05, 4.69) is 39.5 Å². The largest absolute Gasteiger partial charge is 0.354 e. The Morgan fingerprint density at radius 3 is 2.54 bits per heavy atom. The van der Waals surface area contributed by atoms with Gasteiger partial charge >= 0.3 is 0 Å². The number of para-hydroxylation sites is 1. The lowest BCUT2D eigenvalue weighted by molar-refractivity contribution is -0.129. The number of anilines is 1. The van der Waals surface area contributed by atoms with Crippen LogP contribution in [0.25, 0.3) is 28.0 Å². The summed E-state index contributed by atoms with van der Waals surface area (Å²) in [7, 11) is 2.13. The number of hydrogen-bond acceptors (Lipinski definition) is 7. The molecule has 3 unspecified atom stereocenters. The third kappa shape index (κ3) is 5.52. The molecule has 0 bridgehead atoms. The number of hydrogen-bond donors (Lipinski definition) is 2. The monoisotopic (exact) mass is 552 g/mol. The second kappa shape index (κ2) is 11.3. The minimum Gasteiger partial charge on any atom is -0.354 e. The van der Waals surface area contributed by atoms with Gasteiger partial charge in [-0.05, 0) is 56.6 Å². The van der Waals surface area contributed by atoms with Crippen LogP contribution in [0.3, 0.4) is 0 Å². The third-order valence-corrected chi connectivity index (χ3v) is 8.28. The van der Waals surface area contributed by atoms with E-state index in [4.69, 9.17) is 9.97 Å². The first kappa shape index (κ1) is 26.9. The van der Waals surface area contributed by atoms with Crippen LogP contribution in [-0.4, -0.2) is 82.3 Å². The van der Waals surface area contributed by atoms with E-state index in [1.165, 1.54) is 0 Å². The minimum absolute atomic E-state index is 0.0134. The van der Waals surface area contributed by atoms with E-state index in [1.54, 1.807) is 16.9 Å². The SMILES string of the molecule is CC1CC(C)C(CNC(=O)c2cc(-c3ccc(N4CCN(C)CC4)nc3)nc3c2cnn3-c2ccccc2)C(=O)N1. The molecule has 2 fully saturated rings. The van der Waals surface area contributed by atoms with Crippen LogP contribution >= 0.6 is 0 Å². The topological polar surface area (TPSA) is 108 Å². The molecule has 10 heteroatoms. The van der Waals surface area contributed by atoms with Gasteiger partial charge in [-0.2, -0.15) is 5.10 Å². The zero-order chi connectivity index (χ0) is 28.5. The number of benzene rings is 1. The van der Waals surface area contributed by atoms with Crippen LogP contribution in [0.2, 0.25) is 0 Å². The van der Waals surface area contributed by atoms with Crippen molar-refractivity contribution in [2.45, 2.75) is 26.3 Å². The van der Waals surface area contributed by atoms with Gasteiger partial charge in [0.2, 0.25) is 5.91 Å². The molecule has 0 aliphatic carbocycles. The summed E-state index contributed by atoms with van der Waals surface area (Å²) in [6, 6.07) is 15.7. The van der Waals surface area contributed by atoms with Gasteiger partial charge in [0.25, 0.3) is 5.91 Å². The van der Waals surface area contributed by atoms with Crippen LogP contribution in [-0.2, 0) is 4.79 Å². The zero-order valence-corrected chi connectivity index (χ0v) is 23.7. The highest BCUT2D eigenvalue weighted by atomic mass is 16.2. The molecule has 2 aliphatic rings. The van der Waals surface area contributed by atoms with Crippen molar-refractivity contribution in [3.8, 4) is 16.9 Å². The van der Waals surface area contributed by atoms with E-state index in [0.717, 1.165) is 49.7 Å². The fourth-order valence-corrected chi connectivity index (χ4v) is 5.84. The van der Waals surface area contributed by atoms with Gasteiger partial charge in [-0.25, -0.2) is 14.6 Å². The average molecular weight is 553 g/mol. The van der Waals surface area contributed by atoms with Crippen LogP contribution < -0.4 is 15.5 Å². The predicted octanol–water partition coefficient (Wildman–Crippen LogP) is 3.12. The Morgan fingerprint density at radius 2 is 1.83 bits per heavy atom. The van der Waals surface area contributed by atoms with Crippen molar-refractivity contribution in [2.75, 3.05) is 44.7 Å². The maximum atomic E-state index is 13.7. The summed E-state index contributed by atoms with van der Waals surface area (Å²) in [4.78, 5) is 40.6. The summed E-state index contributed by atoms with van der Waals surface area (Å²) in [6.45, 7) is 8.22. The van der Waals surface area contributed by atoms with Crippen LogP contribution in [0, 0.1) is 11.8 Å². The third-order valence-electron chi connectivity index (χ3n) is 8.28. The van der Waals surface area contributed by atoms with E-state index in [9.17, 15) is 9.59 Å². The summed E-state index contributed by atoms with van der Waals surface area (Å²) in [5.74, 6) is 0.569. The molecule has 6 rings (SSSR count). The Balaban J connectivity index is 1.33. The van der Waals surface area contributed by atoms with Crippen molar-refractivity contribution in [1.29, 1.82) is 0 Å². The number of piperidine rings is 1. The molecule has 0 radical (unpaired) electrons. The number of nitrogens with zero attached hydrogens (tertiary/aromatic N) is 6. The molecule has 2 amide bonds. The van der Waals surface area contributed by atoms with Gasteiger partial charge in [0, 0.05) is 50.5 Å².